The molecule has 0 saturated heterocycles. The van der Waals surface area contributed by atoms with Crippen LogP contribution in [0.4, 0.5) is 18.3 Å². The first kappa shape index (κ1) is 22.3. The minimum Gasteiger partial charge on any atom is -0.298 e. The van der Waals surface area contributed by atoms with Gasteiger partial charge in [-0.05, 0) is 47.9 Å². The van der Waals surface area contributed by atoms with Crippen LogP contribution in [0.1, 0.15) is 27.1 Å². The van der Waals surface area contributed by atoms with Gasteiger partial charge in [0.15, 0.2) is 5.13 Å². The number of aromatic nitrogens is 1. The van der Waals surface area contributed by atoms with Crippen LogP contribution >= 0.6 is 34.5 Å². The molecule has 1 amide bonds. The Morgan fingerprint density at radius 1 is 1.17 bits per heavy atom. The topological polar surface area (TPSA) is 42.0 Å². The Bertz CT molecular complexity index is 1110. The van der Waals surface area contributed by atoms with Gasteiger partial charge in [-0.1, -0.05) is 41.4 Å². The molecule has 156 valence electrons. The number of amides is 1. The summed E-state index contributed by atoms with van der Waals surface area (Å²) in [7, 11) is 0. The summed E-state index contributed by atoms with van der Waals surface area (Å²) in [6.45, 7) is 1.92. The summed E-state index contributed by atoms with van der Waals surface area (Å²) in [6.07, 6.45) is 0.136. The standard InChI is InChI=1S/C21H15Cl2F3N2OS/c1-12-2-3-14(10-18(12)23)8-15-11-27-20(30-15)28-19(29)7-5-13-4-6-17(22)16(9-13)21(24,25)26/h2-7,9-11H,8H2,1H3,(H,27,28,29)/b7-5+. The number of hydrogen-bond acceptors (Lipinski definition) is 3. The zero-order valence-electron chi connectivity index (χ0n) is 15.6. The second-order valence-corrected chi connectivity index (χ2v) is 8.38. The molecule has 0 aliphatic heterocycles. The van der Waals surface area contributed by atoms with Gasteiger partial charge in [0.05, 0.1) is 10.6 Å². The molecule has 1 N–H and O–H groups in total. The first-order valence-corrected chi connectivity index (χ1v) is 10.2. The van der Waals surface area contributed by atoms with Gasteiger partial charge in [0, 0.05) is 28.6 Å². The Labute approximate surface area is 185 Å². The van der Waals surface area contributed by atoms with Crippen LogP contribution in [-0.4, -0.2) is 10.9 Å². The van der Waals surface area contributed by atoms with E-state index >= 15 is 0 Å². The molecule has 0 aliphatic carbocycles. The Hall–Kier alpha value is -2.35. The first-order valence-electron chi connectivity index (χ1n) is 8.67. The summed E-state index contributed by atoms with van der Waals surface area (Å²) in [5, 5.41) is 3.29. The highest BCUT2D eigenvalue weighted by Crippen LogP contribution is 2.35. The third kappa shape index (κ3) is 5.84. The Morgan fingerprint density at radius 3 is 2.63 bits per heavy atom. The zero-order valence-corrected chi connectivity index (χ0v) is 17.9. The number of alkyl halides is 3. The fourth-order valence-corrected chi connectivity index (χ4v) is 3.85. The molecule has 0 radical (unpaired) electrons. The van der Waals surface area contributed by atoms with E-state index in [1.54, 1.807) is 6.20 Å². The van der Waals surface area contributed by atoms with E-state index in [-0.39, 0.29) is 5.56 Å². The summed E-state index contributed by atoms with van der Waals surface area (Å²) < 4.78 is 38.7. The lowest BCUT2D eigenvalue weighted by atomic mass is 10.1. The third-order valence-corrected chi connectivity index (χ3v) is 5.77. The number of benzene rings is 2. The number of hydrogen-bond donors (Lipinski definition) is 1. The minimum atomic E-state index is -4.57. The number of aryl methyl sites for hydroxylation is 1. The Kier molecular flexibility index (Phi) is 6.85. The number of rotatable bonds is 5. The molecule has 0 atom stereocenters. The molecule has 1 aromatic heterocycles. The van der Waals surface area contributed by atoms with Crippen LogP contribution in [0.2, 0.25) is 10.0 Å². The van der Waals surface area contributed by atoms with Gasteiger partial charge in [-0.25, -0.2) is 4.98 Å². The maximum absolute atomic E-state index is 12.9. The van der Waals surface area contributed by atoms with Crippen LogP contribution in [0, 0.1) is 6.92 Å². The van der Waals surface area contributed by atoms with Gasteiger partial charge in [-0.2, -0.15) is 13.2 Å². The molecule has 9 heteroatoms. The lowest BCUT2D eigenvalue weighted by Crippen LogP contribution is -2.07. The number of nitrogens with zero attached hydrogens (tertiary/aromatic N) is 1. The van der Waals surface area contributed by atoms with Crippen LogP contribution < -0.4 is 5.32 Å². The number of nitrogens with one attached hydrogen (secondary N) is 1. The number of anilines is 1. The molecule has 3 nitrogen and oxygen atoms in total. The van der Waals surface area contributed by atoms with Crippen molar-refractivity contribution in [1.82, 2.24) is 4.98 Å². The van der Waals surface area contributed by atoms with Crippen LogP contribution in [-0.2, 0) is 17.4 Å². The third-order valence-electron chi connectivity index (χ3n) is 4.12. The molecule has 0 fully saturated rings. The van der Waals surface area contributed by atoms with Crippen molar-refractivity contribution in [2.45, 2.75) is 19.5 Å². The lowest BCUT2D eigenvalue weighted by Gasteiger charge is -2.09. The van der Waals surface area contributed by atoms with Crippen molar-refractivity contribution in [1.29, 1.82) is 0 Å². The Morgan fingerprint density at radius 2 is 1.93 bits per heavy atom. The number of carbonyl (C=O) groups excluding carboxylic acids is 1. The monoisotopic (exact) mass is 470 g/mol. The second kappa shape index (κ2) is 9.20. The van der Waals surface area contributed by atoms with Gasteiger partial charge in [-0.15, -0.1) is 11.3 Å². The zero-order chi connectivity index (χ0) is 21.9. The molecule has 2 aromatic carbocycles. The molecule has 0 aliphatic rings. The van der Waals surface area contributed by atoms with E-state index < -0.39 is 22.7 Å². The summed E-state index contributed by atoms with van der Waals surface area (Å²) >= 11 is 13.0. The van der Waals surface area contributed by atoms with E-state index in [0.29, 0.717) is 16.6 Å². The largest absolute Gasteiger partial charge is 0.417 e. The fourth-order valence-electron chi connectivity index (χ4n) is 2.58. The van der Waals surface area contributed by atoms with Gasteiger partial charge in [-0.3, -0.25) is 10.1 Å². The van der Waals surface area contributed by atoms with E-state index in [4.69, 9.17) is 23.2 Å². The summed E-state index contributed by atoms with van der Waals surface area (Å²) in [5.41, 5.74) is 1.27. The molecule has 3 rings (SSSR count). The molecular formula is C21H15Cl2F3N2OS. The summed E-state index contributed by atoms with van der Waals surface area (Å²) in [4.78, 5) is 17.2. The van der Waals surface area contributed by atoms with Crippen molar-refractivity contribution in [3.05, 3.63) is 85.8 Å². The smallest absolute Gasteiger partial charge is 0.298 e. The van der Waals surface area contributed by atoms with Crippen molar-refractivity contribution in [2.24, 2.45) is 0 Å². The van der Waals surface area contributed by atoms with Gasteiger partial charge in [0.1, 0.15) is 0 Å². The average Bonchev–Trinajstić information content (AvgIpc) is 3.10. The van der Waals surface area contributed by atoms with Gasteiger partial charge < -0.3 is 0 Å². The molecule has 0 spiro atoms. The minimum absolute atomic E-state index is 0.206. The highest BCUT2D eigenvalue weighted by atomic mass is 35.5. The summed E-state index contributed by atoms with van der Waals surface area (Å²) in [6, 6.07) is 9.23. The van der Waals surface area contributed by atoms with Crippen LogP contribution in [0.15, 0.2) is 48.7 Å². The molecule has 30 heavy (non-hydrogen) atoms. The van der Waals surface area contributed by atoms with E-state index in [9.17, 15) is 18.0 Å². The van der Waals surface area contributed by atoms with Gasteiger partial charge >= 0.3 is 6.18 Å². The van der Waals surface area contributed by atoms with Crippen molar-refractivity contribution >= 4 is 51.7 Å². The normalized spacial score (nSPS) is 11.8. The SMILES string of the molecule is Cc1ccc(Cc2cnc(NC(=O)/C=C/c3ccc(Cl)c(C(F)(F)F)c3)s2)cc1Cl. The fraction of sp³-hybridized carbons (Fsp3) is 0.143. The van der Waals surface area contributed by atoms with E-state index in [0.717, 1.165) is 34.2 Å². The number of carbonyl (C=O) groups is 1. The van der Waals surface area contributed by atoms with Gasteiger partial charge in [0.25, 0.3) is 0 Å². The second-order valence-electron chi connectivity index (χ2n) is 6.45. The molecule has 0 bridgehead atoms. The first-order chi connectivity index (χ1) is 14.1. The van der Waals surface area contributed by atoms with Gasteiger partial charge in [0.2, 0.25) is 5.91 Å². The van der Waals surface area contributed by atoms with Crippen molar-refractivity contribution < 1.29 is 18.0 Å². The van der Waals surface area contributed by atoms with E-state index in [2.05, 4.69) is 10.3 Å². The lowest BCUT2D eigenvalue weighted by molar-refractivity contribution is -0.137. The quantitative estimate of drug-likeness (QED) is 0.407. The maximum Gasteiger partial charge on any atom is 0.417 e. The molecular weight excluding hydrogens is 456 g/mol. The predicted molar refractivity (Wildman–Crippen MR) is 115 cm³/mol. The van der Waals surface area contributed by atoms with Crippen LogP contribution in [0.5, 0.6) is 0 Å². The van der Waals surface area contributed by atoms with Crippen molar-refractivity contribution in [3.8, 4) is 0 Å². The molecule has 0 saturated carbocycles. The molecule has 0 unspecified atom stereocenters. The average molecular weight is 471 g/mol. The predicted octanol–water partition coefficient (Wildman–Crippen LogP) is 7.02. The Balaban J connectivity index is 1.64. The van der Waals surface area contributed by atoms with E-state index in [1.165, 1.54) is 23.5 Å². The van der Waals surface area contributed by atoms with Crippen LogP contribution in [0.25, 0.3) is 6.08 Å². The highest BCUT2D eigenvalue weighted by Gasteiger charge is 2.33. The van der Waals surface area contributed by atoms with E-state index in [1.807, 2.05) is 25.1 Å². The summed E-state index contributed by atoms with van der Waals surface area (Å²) in [5.74, 6) is -0.502. The number of halogens is 5. The van der Waals surface area contributed by atoms with Crippen molar-refractivity contribution in [2.75, 3.05) is 5.32 Å². The number of thiazole rings is 1. The maximum atomic E-state index is 12.9. The highest BCUT2D eigenvalue weighted by molar-refractivity contribution is 7.15. The molecule has 3 aromatic rings. The van der Waals surface area contributed by atoms with Crippen molar-refractivity contribution in [3.63, 3.8) is 0 Å². The van der Waals surface area contributed by atoms with Crippen LogP contribution in [0.3, 0.4) is 0 Å². The molecule has 1 heterocycles.